The number of nitrogens with zero attached hydrogens (tertiary/aromatic N) is 1. The summed E-state index contributed by atoms with van der Waals surface area (Å²) >= 11 is 0. The van der Waals surface area contributed by atoms with Crippen LogP contribution in [0.2, 0.25) is 0 Å². The first-order valence-corrected chi connectivity index (χ1v) is 4.81. The zero-order valence-electron chi connectivity index (χ0n) is 7.89. The Balaban J connectivity index is 2.01. The van der Waals surface area contributed by atoms with Crippen molar-refractivity contribution in [3.05, 3.63) is 18.3 Å². The van der Waals surface area contributed by atoms with Gasteiger partial charge in [-0.1, -0.05) is 0 Å². The molecule has 0 bridgehead atoms. The van der Waals surface area contributed by atoms with E-state index in [-0.39, 0.29) is 12.2 Å². The van der Waals surface area contributed by atoms with E-state index in [1.165, 1.54) is 0 Å². The number of hydrogen-bond donors (Lipinski definition) is 2. The molecule has 1 aromatic rings. The summed E-state index contributed by atoms with van der Waals surface area (Å²) in [5, 5.41) is 9.32. The summed E-state index contributed by atoms with van der Waals surface area (Å²) in [4.78, 5) is 4.04. The lowest BCUT2D eigenvalue weighted by Gasteiger charge is -2.13. The van der Waals surface area contributed by atoms with Crippen LogP contribution < -0.4 is 10.5 Å². The number of aliphatic hydroxyl groups excluding tert-OH is 1. The fourth-order valence-corrected chi connectivity index (χ4v) is 1.68. The van der Waals surface area contributed by atoms with Gasteiger partial charge >= 0.3 is 0 Å². The minimum atomic E-state index is -0.232. The van der Waals surface area contributed by atoms with Crippen LogP contribution >= 0.6 is 0 Å². The number of pyridine rings is 1. The highest BCUT2D eigenvalue weighted by Gasteiger charge is 2.24. The molecule has 0 aromatic carbocycles. The molecule has 1 aliphatic rings. The Morgan fingerprint density at radius 3 is 3.00 bits per heavy atom. The maximum atomic E-state index is 9.32. The van der Waals surface area contributed by atoms with Crippen LogP contribution in [0, 0.1) is 0 Å². The summed E-state index contributed by atoms with van der Waals surface area (Å²) in [5.74, 6) is 0.478. The monoisotopic (exact) mass is 194 g/mol. The molecule has 1 aromatic heterocycles. The molecule has 1 heterocycles. The van der Waals surface area contributed by atoms with Gasteiger partial charge in [0, 0.05) is 12.6 Å². The zero-order chi connectivity index (χ0) is 9.97. The van der Waals surface area contributed by atoms with Gasteiger partial charge in [-0.3, -0.25) is 0 Å². The Hall–Kier alpha value is -1.29. The SMILES string of the molecule is Nc1cccnc1OC1CCC(O)C1. The molecule has 1 fully saturated rings. The Bertz CT molecular complexity index is 317. The Labute approximate surface area is 82.7 Å². The second-order valence-electron chi connectivity index (χ2n) is 3.60. The molecule has 2 rings (SSSR count). The molecule has 0 radical (unpaired) electrons. The predicted octanol–water partition coefficient (Wildman–Crippen LogP) is 0.956. The van der Waals surface area contributed by atoms with E-state index in [2.05, 4.69) is 4.98 Å². The average Bonchev–Trinajstić information content (AvgIpc) is 2.56. The minimum absolute atomic E-state index is 0.0576. The number of nitrogen functional groups attached to an aromatic ring is 1. The van der Waals surface area contributed by atoms with Crippen LogP contribution in [0.4, 0.5) is 5.69 Å². The molecule has 0 amide bonds. The van der Waals surface area contributed by atoms with Crippen LogP contribution in [-0.4, -0.2) is 22.3 Å². The van der Waals surface area contributed by atoms with Crippen molar-refractivity contribution in [1.29, 1.82) is 0 Å². The molecule has 4 heteroatoms. The van der Waals surface area contributed by atoms with Crippen LogP contribution in [0.15, 0.2) is 18.3 Å². The number of ether oxygens (including phenoxy) is 1. The summed E-state index contributed by atoms with van der Waals surface area (Å²) in [6, 6.07) is 3.53. The fraction of sp³-hybridized carbons (Fsp3) is 0.500. The topological polar surface area (TPSA) is 68.4 Å². The second-order valence-corrected chi connectivity index (χ2v) is 3.60. The largest absolute Gasteiger partial charge is 0.473 e. The van der Waals surface area contributed by atoms with Crippen LogP contribution in [0.5, 0.6) is 5.88 Å². The van der Waals surface area contributed by atoms with Gasteiger partial charge in [0.05, 0.1) is 11.8 Å². The standard InChI is InChI=1S/C10H14N2O2/c11-9-2-1-5-12-10(9)14-8-4-3-7(13)6-8/h1-2,5,7-8,13H,3-4,6,11H2. The Morgan fingerprint density at radius 2 is 2.36 bits per heavy atom. The van der Waals surface area contributed by atoms with Gasteiger partial charge in [0.25, 0.3) is 0 Å². The molecule has 4 nitrogen and oxygen atoms in total. The van der Waals surface area contributed by atoms with Gasteiger partial charge in [-0.25, -0.2) is 4.98 Å². The second kappa shape index (κ2) is 3.84. The fourth-order valence-electron chi connectivity index (χ4n) is 1.68. The van der Waals surface area contributed by atoms with E-state index < -0.39 is 0 Å². The number of aliphatic hydroxyl groups is 1. The van der Waals surface area contributed by atoms with Gasteiger partial charge in [0.2, 0.25) is 5.88 Å². The molecule has 0 saturated heterocycles. The number of anilines is 1. The minimum Gasteiger partial charge on any atom is -0.473 e. The summed E-state index contributed by atoms with van der Waals surface area (Å²) in [6.07, 6.45) is 3.83. The smallest absolute Gasteiger partial charge is 0.237 e. The quantitative estimate of drug-likeness (QED) is 0.735. The molecule has 14 heavy (non-hydrogen) atoms. The van der Waals surface area contributed by atoms with Crippen molar-refractivity contribution < 1.29 is 9.84 Å². The van der Waals surface area contributed by atoms with E-state index >= 15 is 0 Å². The van der Waals surface area contributed by atoms with E-state index in [1.807, 2.05) is 0 Å². The van der Waals surface area contributed by atoms with Crippen LogP contribution in [0.25, 0.3) is 0 Å². The first-order chi connectivity index (χ1) is 6.75. The first kappa shape index (κ1) is 9.27. The van der Waals surface area contributed by atoms with E-state index in [1.54, 1.807) is 18.3 Å². The van der Waals surface area contributed by atoms with Crippen LogP contribution in [-0.2, 0) is 0 Å². The summed E-state index contributed by atoms with van der Waals surface area (Å²) in [7, 11) is 0. The Kier molecular flexibility index (Phi) is 2.54. The highest BCUT2D eigenvalue weighted by Crippen LogP contribution is 2.26. The van der Waals surface area contributed by atoms with Crippen molar-refractivity contribution in [1.82, 2.24) is 4.98 Å². The van der Waals surface area contributed by atoms with Crippen LogP contribution in [0.3, 0.4) is 0 Å². The van der Waals surface area contributed by atoms with Gasteiger partial charge in [0.15, 0.2) is 0 Å². The molecular weight excluding hydrogens is 180 g/mol. The molecule has 0 spiro atoms. The summed E-state index contributed by atoms with van der Waals surface area (Å²) < 4.78 is 5.58. The highest BCUT2D eigenvalue weighted by molar-refractivity contribution is 5.46. The molecule has 2 atom stereocenters. The number of nitrogens with two attached hydrogens (primary N) is 1. The lowest BCUT2D eigenvalue weighted by molar-refractivity contribution is 0.147. The number of hydrogen-bond acceptors (Lipinski definition) is 4. The van der Waals surface area contributed by atoms with E-state index in [0.29, 0.717) is 18.0 Å². The maximum absolute atomic E-state index is 9.32. The molecule has 1 saturated carbocycles. The number of aromatic nitrogens is 1. The van der Waals surface area contributed by atoms with E-state index in [9.17, 15) is 5.11 Å². The van der Waals surface area contributed by atoms with Gasteiger partial charge in [-0.05, 0) is 25.0 Å². The Morgan fingerprint density at radius 1 is 1.50 bits per heavy atom. The van der Waals surface area contributed by atoms with Crippen molar-refractivity contribution in [2.75, 3.05) is 5.73 Å². The zero-order valence-corrected chi connectivity index (χ0v) is 7.89. The van der Waals surface area contributed by atoms with Crippen molar-refractivity contribution in [2.45, 2.75) is 31.5 Å². The first-order valence-electron chi connectivity index (χ1n) is 4.81. The summed E-state index contributed by atoms with van der Waals surface area (Å²) in [5.41, 5.74) is 6.23. The number of rotatable bonds is 2. The van der Waals surface area contributed by atoms with Crippen molar-refractivity contribution in [3.63, 3.8) is 0 Å². The van der Waals surface area contributed by atoms with Crippen molar-refractivity contribution >= 4 is 5.69 Å². The lowest BCUT2D eigenvalue weighted by atomic mass is 10.3. The predicted molar refractivity (Wildman–Crippen MR) is 52.9 cm³/mol. The van der Waals surface area contributed by atoms with Gasteiger partial charge in [0.1, 0.15) is 6.10 Å². The highest BCUT2D eigenvalue weighted by atomic mass is 16.5. The van der Waals surface area contributed by atoms with Crippen molar-refractivity contribution in [2.24, 2.45) is 0 Å². The average molecular weight is 194 g/mol. The summed E-state index contributed by atoms with van der Waals surface area (Å²) in [6.45, 7) is 0. The van der Waals surface area contributed by atoms with Crippen molar-refractivity contribution in [3.8, 4) is 5.88 Å². The third-order valence-corrected chi connectivity index (χ3v) is 2.44. The third kappa shape index (κ3) is 1.96. The molecule has 2 unspecified atom stereocenters. The molecular formula is C10H14N2O2. The molecule has 76 valence electrons. The lowest BCUT2D eigenvalue weighted by Crippen LogP contribution is -2.15. The molecule has 0 aliphatic heterocycles. The third-order valence-electron chi connectivity index (χ3n) is 2.44. The van der Waals surface area contributed by atoms with E-state index in [4.69, 9.17) is 10.5 Å². The van der Waals surface area contributed by atoms with Gasteiger partial charge in [-0.15, -0.1) is 0 Å². The van der Waals surface area contributed by atoms with E-state index in [0.717, 1.165) is 12.8 Å². The molecule has 3 N–H and O–H groups in total. The van der Waals surface area contributed by atoms with Gasteiger partial charge in [-0.2, -0.15) is 0 Å². The maximum Gasteiger partial charge on any atom is 0.237 e. The normalized spacial score (nSPS) is 26.4. The van der Waals surface area contributed by atoms with Crippen LogP contribution in [0.1, 0.15) is 19.3 Å². The van der Waals surface area contributed by atoms with Gasteiger partial charge < -0.3 is 15.6 Å². The molecule has 1 aliphatic carbocycles.